The second-order valence-corrected chi connectivity index (χ2v) is 6.86. The SMILES string of the molecule is Cc1ccc(C(=O)N/C(=C\c2ccc(-c3ccc([N+](=O)[O-])cc3)o2)C(=O)NCCO)cc1. The van der Waals surface area contributed by atoms with Gasteiger partial charge in [-0.25, -0.2) is 0 Å². The van der Waals surface area contributed by atoms with Gasteiger partial charge in [-0.1, -0.05) is 17.7 Å². The maximum absolute atomic E-state index is 12.6. The van der Waals surface area contributed by atoms with Gasteiger partial charge in [0, 0.05) is 35.9 Å². The molecule has 0 bridgehead atoms. The smallest absolute Gasteiger partial charge is 0.269 e. The van der Waals surface area contributed by atoms with Gasteiger partial charge in [0.1, 0.15) is 17.2 Å². The normalized spacial score (nSPS) is 11.1. The van der Waals surface area contributed by atoms with Crippen molar-refractivity contribution in [1.82, 2.24) is 10.6 Å². The molecule has 0 aliphatic rings. The van der Waals surface area contributed by atoms with Crippen molar-refractivity contribution in [3.8, 4) is 11.3 Å². The molecule has 3 rings (SSSR count). The maximum Gasteiger partial charge on any atom is 0.269 e. The van der Waals surface area contributed by atoms with Crippen molar-refractivity contribution in [2.45, 2.75) is 6.92 Å². The Hall–Kier alpha value is -4.24. The standard InChI is InChI=1S/C23H21N3O6/c1-15-2-4-17(5-3-15)22(28)25-20(23(29)24-12-13-27)14-19-10-11-21(32-19)16-6-8-18(9-7-16)26(30)31/h2-11,14,27H,12-13H2,1H3,(H,24,29)(H,25,28)/b20-14-. The Morgan fingerprint density at radius 1 is 1.06 bits per heavy atom. The number of rotatable bonds is 8. The summed E-state index contributed by atoms with van der Waals surface area (Å²) in [5, 5.41) is 24.8. The molecule has 0 saturated carbocycles. The Morgan fingerprint density at radius 2 is 1.75 bits per heavy atom. The van der Waals surface area contributed by atoms with Crippen LogP contribution in [0.25, 0.3) is 17.4 Å². The molecule has 0 atom stereocenters. The first-order chi connectivity index (χ1) is 15.4. The molecular weight excluding hydrogens is 414 g/mol. The van der Waals surface area contributed by atoms with Crippen LogP contribution >= 0.6 is 0 Å². The van der Waals surface area contributed by atoms with Gasteiger partial charge in [0.15, 0.2) is 0 Å². The molecule has 164 valence electrons. The number of nitro groups is 1. The molecule has 9 heteroatoms. The van der Waals surface area contributed by atoms with Gasteiger partial charge in [0.05, 0.1) is 11.5 Å². The van der Waals surface area contributed by atoms with Gasteiger partial charge in [-0.2, -0.15) is 0 Å². The molecule has 0 saturated heterocycles. The van der Waals surface area contributed by atoms with Crippen LogP contribution in [-0.4, -0.2) is 35.0 Å². The fraction of sp³-hybridized carbons (Fsp3) is 0.130. The largest absolute Gasteiger partial charge is 0.457 e. The third-order valence-corrected chi connectivity index (χ3v) is 4.48. The zero-order chi connectivity index (χ0) is 23.1. The van der Waals surface area contributed by atoms with E-state index < -0.39 is 16.7 Å². The van der Waals surface area contributed by atoms with Crippen LogP contribution in [0.1, 0.15) is 21.7 Å². The number of hydrogen-bond donors (Lipinski definition) is 3. The van der Waals surface area contributed by atoms with Crippen molar-refractivity contribution in [1.29, 1.82) is 0 Å². The van der Waals surface area contributed by atoms with Crippen molar-refractivity contribution in [2.75, 3.05) is 13.2 Å². The lowest BCUT2D eigenvalue weighted by atomic mass is 10.1. The van der Waals surface area contributed by atoms with E-state index in [2.05, 4.69) is 10.6 Å². The molecule has 9 nitrogen and oxygen atoms in total. The number of nitrogens with zero attached hydrogens (tertiary/aromatic N) is 1. The molecule has 1 heterocycles. The Kier molecular flexibility index (Phi) is 7.14. The Balaban J connectivity index is 1.85. The van der Waals surface area contributed by atoms with Crippen LogP contribution in [0.5, 0.6) is 0 Å². The van der Waals surface area contributed by atoms with Crippen molar-refractivity contribution in [3.05, 3.63) is 93.4 Å². The molecule has 0 aliphatic heterocycles. The highest BCUT2D eigenvalue weighted by molar-refractivity contribution is 6.05. The molecule has 2 aromatic carbocycles. The minimum absolute atomic E-state index is 0.0166. The van der Waals surface area contributed by atoms with Crippen molar-refractivity contribution >= 4 is 23.6 Å². The second kappa shape index (κ2) is 10.2. The number of amides is 2. The Bertz CT molecular complexity index is 1150. The van der Waals surface area contributed by atoms with Gasteiger partial charge in [0.25, 0.3) is 17.5 Å². The van der Waals surface area contributed by atoms with Gasteiger partial charge in [-0.3, -0.25) is 19.7 Å². The van der Waals surface area contributed by atoms with E-state index in [1.807, 2.05) is 6.92 Å². The zero-order valence-electron chi connectivity index (χ0n) is 17.2. The van der Waals surface area contributed by atoms with Crippen LogP contribution in [0.4, 0.5) is 5.69 Å². The van der Waals surface area contributed by atoms with E-state index in [4.69, 9.17) is 9.52 Å². The summed E-state index contributed by atoms with van der Waals surface area (Å²) in [7, 11) is 0. The Labute approximate surface area is 183 Å². The summed E-state index contributed by atoms with van der Waals surface area (Å²) >= 11 is 0. The molecular formula is C23H21N3O6. The van der Waals surface area contributed by atoms with Crippen LogP contribution < -0.4 is 10.6 Å². The first-order valence-electron chi connectivity index (χ1n) is 9.71. The molecule has 0 radical (unpaired) electrons. The highest BCUT2D eigenvalue weighted by Gasteiger charge is 2.16. The van der Waals surface area contributed by atoms with Gasteiger partial charge >= 0.3 is 0 Å². The van der Waals surface area contributed by atoms with Crippen LogP contribution in [0.2, 0.25) is 0 Å². The van der Waals surface area contributed by atoms with E-state index in [1.54, 1.807) is 48.5 Å². The summed E-state index contributed by atoms with van der Waals surface area (Å²) in [5.41, 5.74) is 1.88. The molecule has 0 fully saturated rings. The number of carbonyl (C=O) groups is 2. The van der Waals surface area contributed by atoms with Gasteiger partial charge in [-0.15, -0.1) is 0 Å². The van der Waals surface area contributed by atoms with Crippen LogP contribution in [0.3, 0.4) is 0 Å². The number of hydrogen-bond acceptors (Lipinski definition) is 6. The predicted molar refractivity (Wildman–Crippen MR) is 118 cm³/mol. The average molecular weight is 435 g/mol. The minimum Gasteiger partial charge on any atom is -0.457 e. The third kappa shape index (κ3) is 5.67. The highest BCUT2D eigenvalue weighted by atomic mass is 16.6. The summed E-state index contributed by atoms with van der Waals surface area (Å²) in [5.74, 6) is -0.340. The van der Waals surface area contributed by atoms with E-state index in [0.717, 1.165) is 5.56 Å². The summed E-state index contributed by atoms with van der Waals surface area (Å²) in [4.78, 5) is 35.4. The lowest BCUT2D eigenvalue weighted by Gasteiger charge is -2.10. The number of aliphatic hydroxyl groups is 1. The molecule has 3 aromatic rings. The number of aryl methyl sites for hydroxylation is 1. The van der Waals surface area contributed by atoms with Crippen molar-refractivity contribution in [2.24, 2.45) is 0 Å². The topological polar surface area (TPSA) is 135 Å². The average Bonchev–Trinajstić information content (AvgIpc) is 3.26. The summed E-state index contributed by atoms with van der Waals surface area (Å²) in [6.07, 6.45) is 1.37. The van der Waals surface area contributed by atoms with Gasteiger partial charge in [0.2, 0.25) is 0 Å². The predicted octanol–water partition coefficient (Wildman–Crippen LogP) is 3.04. The van der Waals surface area contributed by atoms with Crippen molar-refractivity contribution in [3.63, 3.8) is 0 Å². The fourth-order valence-corrected chi connectivity index (χ4v) is 2.80. The number of aliphatic hydroxyl groups excluding tert-OH is 1. The summed E-state index contributed by atoms with van der Waals surface area (Å²) < 4.78 is 5.73. The lowest BCUT2D eigenvalue weighted by molar-refractivity contribution is -0.384. The molecule has 1 aromatic heterocycles. The number of carbonyl (C=O) groups excluding carboxylic acids is 2. The zero-order valence-corrected chi connectivity index (χ0v) is 17.2. The quantitative estimate of drug-likeness (QED) is 0.283. The number of furan rings is 1. The van der Waals surface area contributed by atoms with Crippen molar-refractivity contribution < 1.29 is 24.0 Å². The highest BCUT2D eigenvalue weighted by Crippen LogP contribution is 2.25. The number of nitrogens with one attached hydrogen (secondary N) is 2. The van der Waals surface area contributed by atoms with E-state index in [9.17, 15) is 19.7 Å². The van der Waals surface area contributed by atoms with Crippen LogP contribution in [0.15, 0.2) is 70.8 Å². The summed E-state index contributed by atoms with van der Waals surface area (Å²) in [6.45, 7) is 1.66. The molecule has 32 heavy (non-hydrogen) atoms. The van der Waals surface area contributed by atoms with Crippen LogP contribution in [0, 0.1) is 17.0 Å². The van der Waals surface area contributed by atoms with E-state index >= 15 is 0 Å². The second-order valence-electron chi connectivity index (χ2n) is 6.86. The molecule has 0 spiro atoms. The Morgan fingerprint density at radius 3 is 2.38 bits per heavy atom. The number of nitro benzene ring substituents is 1. The lowest BCUT2D eigenvalue weighted by Crippen LogP contribution is -2.36. The molecule has 3 N–H and O–H groups in total. The van der Waals surface area contributed by atoms with E-state index in [1.165, 1.54) is 18.2 Å². The maximum atomic E-state index is 12.6. The number of non-ortho nitro benzene ring substituents is 1. The van der Waals surface area contributed by atoms with Gasteiger partial charge in [-0.05, 0) is 43.3 Å². The fourth-order valence-electron chi connectivity index (χ4n) is 2.80. The molecule has 2 amide bonds. The van der Waals surface area contributed by atoms with Gasteiger partial charge < -0.3 is 20.2 Å². The van der Waals surface area contributed by atoms with Crippen LogP contribution in [-0.2, 0) is 4.79 Å². The molecule has 0 unspecified atom stereocenters. The first-order valence-corrected chi connectivity index (χ1v) is 9.71. The van der Waals surface area contributed by atoms with E-state index in [0.29, 0.717) is 16.9 Å². The summed E-state index contributed by atoms with van der Waals surface area (Å²) in [6, 6.07) is 16.0. The monoisotopic (exact) mass is 435 g/mol. The molecule has 0 aliphatic carbocycles. The minimum atomic E-state index is -0.590. The number of benzene rings is 2. The van der Waals surface area contributed by atoms with E-state index in [-0.39, 0.29) is 30.3 Å². The first kappa shape index (κ1) is 22.4. The third-order valence-electron chi connectivity index (χ3n) is 4.48.